The Morgan fingerprint density at radius 1 is 1.22 bits per heavy atom. The van der Waals surface area contributed by atoms with E-state index in [2.05, 4.69) is 24.1 Å². The van der Waals surface area contributed by atoms with Gasteiger partial charge in [-0.05, 0) is 38.1 Å². The Bertz CT molecular complexity index is 510. The number of hydrogen-bond donors (Lipinski definition) is 1. The fraction of sp³-hybridized carbons (Fsp3) is 0.538. The van der Waals surface area contributed by atoms with E-state index in [9.17, 15) is 8.42 Å². The number of rotatable bonds is 2. The monoisotopic (exact) mass is 268 g/mol. The van der Waals surface area contributed by atoms with Gasteiger partial charge in [0.1, 0.15) is 0 Å². The maximum atomic E-state index is 11.4. The molecule has 0 aromatic heterocycles. The summed E-state index contributed by atoms with van der Waals surface area (Å²) in [6.07, 6.45) is 1.23. The predicted molar refractivity (Wildman–Crippen MR) is 73.8 cm³/mol. The second-order valence-corrected chi connectivity index (χ2v) is 7.09. The average Bonchev–Trinajstić information content (AvgIpc) is 2.31. The van der Waals surface area contributed by atoms with Gasteiger partial charge in [-0.3, -0.25) is 0 Å². The molecular weight excluding hydrogens is 248 g/mol. The third-order valence-corrected chi connectivity index (χ3v) is 4.49. The van der Waals surface area contributed by atoms with Crippen LogP contribution in [0, 0.1) is 0 Å². The first kappa shape index (κ1) is 13.4. The normalized spacial score (nSPS) is 25.2. The van der Waals surface area contributed by atoms with E-state index >= 15 is 0 Å². The molecule has 2 rings (SSSR count). The summed E-state index contributed by atoms with van der Waals surface area (Å²) < 4.78 is 22.8. The molecule has 2 atom stereocenters. The van der Waals surface area contributed by atoms with Crippen molar-refractivity contribution < 1.29 is 8.42 Å². The summed E-state index contributed by atoms with van der Waals surface area (Å²) in [6, 6.07) is 8.03. The minimum Gasteiger partial charge on any atom is -0.366 e. The molecule has 1 N–H and O–H groups in total. The zero-order valence-electron chi connectivity index (χ0n) is 11.1. The second kappa shape index (κ2) is 4.90. The van der Waals surface area contributed by atoms with Gasteiger partial charge in [-0.1, -0.05) is 0 Å². The first-order valence-corrected chi connectivity index (χ1v) is 8.07. The summed E-state index contributed by atoms with van der Waals surface area (Å²) in [5, 5.41) is 3.43. The minimum absolute atomic E-state index is 0.377. The van der Waals surface area contributed by atoms with E-state index in [1.807, 2.05) is 12.1 Å². The van der Waals surface area contributed by atoms with E-state index in [1.165, 1.54) is 6.26 Å². The third-order valence-electron chi connectivity index (χ3n) is 3.36. The van der Waals surface area contributed by atoms with Gasteiger partial charge in [0.05, 0.1) is 4.90 Å². The third kappa shape index (κ3) is 2.84. The van der Waals surface area contributed by atoms with Gasteiger partial charge in [-0.2, -0.15) is 0 Å². The maximum Gasteiger partial charge on any atom is 0.175 e. The van der Waals surface area contributed by atoms with Crippen LogP contribution >= 0.6 is 0 Å². The fourth-order valence-electron chi connectivity index (χ4n) is 2.27. The summed E-state index contributed by atoms with van der Waals surface area (Å²) in [7, 11) is -3.11. The highest BCUT2D eigenvalue weighted by Gasteiger charge is 2.22. The van der Waals surface area contributed by atoms with Crippen LogP contribution in [-0.2, 0) is 9.84 Å². The number of anilines is 1. The summed E-state index contributed by atoms with van der Waals surface area (Å²) >= 11 is 0. The highest BCUT2D eigenvalue weighted by atomic mass is 32.2. The highest BCUT2D eigenvalue weighted by molar-refractivity contribution is 7.90. The topological polar surface area (TPSA) is 49.4 Å². The molecule has 0 bridgehead atoms. The van der Waals surface area contributed by atoms with Gasteiger partial charge in [-0.25, -0.2) is 8.42 Å². The lowest BCUT2D eigenvalue weighted by atomic mass is 10.1. The van der Waals surface area contributed by atoms with Crippen LogP contribution in [0.15, 0.2) is 29.2 Å². The Morgan fingerprint density at radius 3 is 2.39 bits per heavy atom. The summed E-state index contributed by atoms with van der Waals surface area (Å²) in [4.78, 5) is 2.69. The smallest absolute Gasteiger partial charge is 0.175 e. The zero-order chi connectivity index (χ0) is 13.3. The molecule has 0 radical (unpaired) electrons. The van der Waals surface area contributed by atoms with Gasteiger partial charge in [0.2, 0.25) is 0 Å². The lowest BCUT2D eigenvalue weighted by molar-refractivity contribution is 0.425. The van der Waals surface area contributed by atoms with E-state index < -0.39 is 9.84 Å². The van der Waals surface area contributed by atoms with Crippen molar-refractivity contribution in [1.82, 2.24) is 5.32 Å². The number of hydrogen-bond acceptors (Lipinski definition) is 4. The molecule has 0 spiro atoms. The number of piperazine rings is 1. The molecule has 100 valence electrons. The van der Waals surface area contributed by atoms with Gasteiger partial charge in [0.15, 0.2) is 9.84 Å². The summed E-state index contributed by atoms with van der Waals surface area (Å²) in [5.74, 6) is 0. The molecule has 0 saturated carbocycles. The molecule has 1 aliphatic rings. The van der Waals surface area contributed by atoms with Crippen LogP contribution < -0.4 is 10.2 Å². The molecule has 5 heteroatoms. The Kier molecular flexibility index (Phi) is 3.64. The van der Waals surface area contributed by atoms with Crippen molar-refractivity contribution in [2.75, 3.05) is 24.2 Å². The van der Waals surface area contributed by atoms with Gasteiger partial charge >= 0.3 is 0 Å². The van der Waals surface area contributed by atoms with Gasteiger partial charge in [-0.15, -0.1) is 0 Å². The molecule has 2 unspecified atom stereocenters. The van der Waals surface area contributed by atoms with Crippen molar-refractivity contribution >= 4 is 15.5 Å². The van der Waals surface area contributed by atoms with Crippen molar-refractivity contribution in [1.29, 1.82) is 0 Å². The van der Waals surface area contributed by atoms with Crippen LogP contribution in [0.4, 0.5) is 5.69 Å². The van der Waals surface area contributed by atoms with E-state index in [-0.39, 0.29) is 0 Å². The molecule has 4 nitrogen and oxygen atoms in total. The zero-order valence-corrected chi connectivity index (χ0v) is 11.9. The van der Waals surface area contributed by atoms with Crippen molar-refractivity contribution in [2.24, 2.45) is 0 Å². The Hall–Kier alpha value is -1.07. The molecule has 1 fully saturated rings. The first-order valence-electron chi connectivity index (χ1n) is 6.18. The van der Waals surface area contributed by atoms with Crippen LogP contribution in [0.1, 0.15) is 13.8 Å². The van der Waals surface area contributed by atoms with Crippen LogP contribution in [0.5, 0.6) is 0 Å². The number of sulfone groups is 1. The van der Waals surface area contributed by atoms with E-state index in [0.29, 0.717) is 17.0 Å². The molecule has 18 heavy (non-hydrogen) atoms. The predicted octanol–water partition coefficient (Wildman–Crippen LogP) is 1.28. The highest BCUT2D eigenvalue weighted by Crippen LogP contribution is 2.21. The van der Waals surface area contributed by atoms with E-state index in [4.69, 9.17) is 0 Å². The summed E-state index contributed by atoms with van der Waals surface area (Å²) in [5.41, 5.74) is 1.09. The molecule has 1 aliphatic heterocycles. The Labute approximate surface area is 109 Å². The Balaban J connectivity index is 2.23. The maximum absolute atomic E-state index is 11.4. The van der Waals surface area contributed by atoms with Crippen LogP contribution in [-0.4, -0.2) is 39.8 Å². The van der Waals surface area contributed by atoms with Crippen molar-refractivity contribution in [3.63, 3.8) is 0 Å². The SMILES string of the molecule is CC1CN(c2ccc(S(C)(=O)=O)cc2)C(C)CN1. The number of nitrogens with one attached hydrogen (secondary N) is 1. The lowest BCUT2D eigenvalue weighted by Gasteiger charge is -2.39. The molecule has 0 amide bonds. The number of nitrogens with zero attached hydrogens (tertiary/aromatic N) is 1. The summed E-state index contributed by atoms with van der Waals surface area (Å²) in [6.45, 7) is 6.22. The second-order valence-electron chi connectivity index (χ2n) is 5.08. The van der Waals surface area contributed by atoms with Gasteiger partial charge < -0.3 is 10.2 Å². The number of benzene rings is 1. The van der Waals surface area contributed by atoms with Crippen molar-refractivity contribution in [3.05, 3.63) is 24.3 Å². The molecule has 1 heterocycles. The molecule has 1 aromatic carbocycles. The van der Waals surface area contributed by atoms with Crippen molar-refractivity contribution in [3.8, 4) is 0 Å². The van der Waals surface area contributed by atoms with E-state index in [0.717, 1.165) is 18.8 Å². The van der Waals surface area contributed by atoms with Gasteiger partial charge in [0, 0.05) is 37.1 Å². The minimum atomic E-state index is -3.11. The van der Waals surface area contributed by atoms with Gasteiger partial charge in [0.25, 0.3) is 0 Å². The van der Waals surface area contributed by atoms with E-state index in [1.54, 1.807) is 12.1 Å². The van der Waals surface area contributed by atoms with Crippen LogP contribution in [0.25, 0.3) is 0 Å². The average molecular weight is 268 g/mol. The fourth-order valence-corrected chi connectivity index (χ4v) is 2.90. The largest absolute Gasteiger partial charge is 0.366 e. The molecule has 1 aromatic rings. The Morgan fingerprint density at radius 2 is 1.83 bits per heavy atom. The van der Waals surface area contributed by atoms with Crippen molar-refractivity contribution in [2.45, 2.75) is 30.8 Å². The van der Waals surface area contributed by atoms with Crippen LogP contribution in [0.2, 0.25) is 0 Å². The van der Waals surface area contributed by atoms with Crippen LogP contribution in [0.3, 0.4) is 0 Å². The molecule has 0 aliphatic carbocycles. The first-order chi connectivity index (χ1) is 8.38. The standard InChI is InChI=1S/C13H20N2O2S/c1-10-9-15(11(2)8-14-10)12-4-6-13(7-5-12)18(3,16)17/h4-7,10-11,14H,8-9H2,1-3H3. The quantitative estimate of drug-likeness (QED) is 0.878. The lowest BCUT2D eigenvalue weighted by Crippen LogP contribution is -2.54. The molecule has 1 saturated heterocycles. The molecular formula is C13H20N2O2S.